The van der Waals surface area contributed by atoms with E-state index in [1.165, 1.54) is 0 Å². The Balaban J connectivity index is 1.29. The highest BCUT2D eigenvalue weighted by Gasteiger charge is 2.23. The van der Waals surface area contributed by atoms with E-state index in [4.69, 9.17) is 9.97 Å². The average molecular weight is 450 g/mol. The Morgan fingerprint density at radius 3 is 2.09 bits per heavy atom. The summed E-state index contributed by atoms with van der Waals surface area (Å²) < 4.78 is 0. The number of hydrogen-bond acceptors (Lipinski definition) is 5. The summed E-state index contributed by atoms with van der Waals surface area (Å²) in [5.74, 6) is 0.963. The first-order valence-corrected chi connectivity index (χ1v) is 11.3. The lowest BCUT2D eigenvalue weighted by molar-refractivity contribution is 0.0746. The van der Waals surface area contributed by atoms with Crippen LogP contribution in [0.2, 0.25) is 0 Å². The number of fused-ring (bicyclic) bond motifs is 1. The highest BCUT2D eigenvalue weighted by Crippen LogP contribution is 2.29. The molecule has 1 aromatic carbocycles. The molecule has 34 heavy (non-hydrogen) atoms. The molecule has 5 heterocycles. The van der Waals surface area contributed by atoms with Crippen molar-refractivity contribution in [3.05, 3.63) is 84.8 Å². The molecule has 0 unspecified atom stereocenters. The van der Waals surface area contributed by atoms with E-state index >= 15 is 0 Å². The number of nitrogens with zero attached hydrogens (tertiary/aromatic N) is 5. The van der Waals surface area contributed by atoms with Gasteiger partial charge in [-0.2, -0.15) is 0 Å². The van der Waals surface area contributed by atoms with Crippen LogP contribution in [0.1, 0.15) is 10.4 Å². The van der Waals surface area contributed by atoms with Gasteiger partial charge in [-0.05, 0) is 54.6 Å². The monoisotopic (exact) mass is 449 g/mol. The first kappa shape index (κ1) is 20.2. The van der Waals surface area contributed by atoms with Gasteiger partial charge >= 0.3 is 0 Å². The zero-order chi connectivity index (χ0) is 22.9. The van der Waals surface area contributed by atoms with Crippen molar-refractivity contribution in [1.82, 2.24) is 29.8 Å². The number of benzene rings is 1. The molecule has 0 saturated carbocycles. The minimum atomic E-state index is 0.0132. The van der Waals surface area contributed by atoms with Crippen molar-refractivity contribution < 1.29 is 4.79 Å². The van der Waals surface area contributed by atoms with Crippen molar-refractivity contribution in [2.24, 2.45) is 0 Å². The standard InChI is InChI=1S/C26H23N7O/c34-26(33-15-13-32(14-16-33)23-7-1-2-10-29-23)18-8-9-19-22(17-18)31-25(21-6-4-12-28-21)24(30-19)20-5-3-11-27-20/h1-12,17,27-28H,13-16H2. The number of piperazine rings is 1. The molecule has 8 heteroatoms. The fraction of sp³-hybridized carbons (Fsp3) is 0.154. The average Bonchev–Trinajstić information content (AvgIpc) is 3.63. The van der Waals surface area contributed by atoms with E-state index in [0.29, 0.717) is 24.2 Å². The van der Waals surface area contributed by atoms with Crippen LogP contribution in [0.25, 0.3) is 33.8 Å². The zero-order valence-electron chi connectivity index (χ0n) is 18.5. The normalized spacial score (nSPS) is 14.0. The van der Waals surface area contributed by atoms with E-state index in [1.54, 1.807) is 6.20 Å². The van der Waals surface area contributed by atoms with Gasteiger partial charge in [0.1, 0.15) is 17.2 Å². The minimum absolute atomic E-state index is 0.0132. The lowest BCUT2D eigenvalue weighted by Crippen LogP contribution is -2.49. The molecule has 0 bridgehead atoms. The van der Waals surface area contributed by atoms with Crippen molar-refractivity contribution in [3.63, 3.8) is 0 Å². The number of pyridine rings is 1. The van der Waals surface area contributed by atoms with E-state index in [0.717, 1.165) is 47.2 Å². The first-order chi connectivity index (χ1) is 16.8. The molecule has 8 nitrogen and oxygen atoms in total. The lowest BCUT2D eigenvalue weighted by atomic mass is 10.1. The van der Waals surface area contributed by atoms with Crippen LogP contribution in [0.3, 0.4) is 0 Å². The molecule has 1 fully saturated rings. The number of aromatic amines is 2. The predicted molar refractivity (Wildman–Crippen MR) is 131 cm³/mol. The largest absolute Gasteiger partial charge is 0.360 e. The molecular formula is C26H23N7O. The predicted octanol–water partition coefficient (Wildman–Crippen LogP) is 3.98. The lowest BCUT2D eigenvalue weighted by Gasteiger charge is -2.35. The Morgan fingerprint density at radius 1 is 0.765 bits per heavy atom. The maximum atomic E-state index is 13.3. The number of carbonyl (C=O) groups excluding carboxylic acids is 1. The molecule has 0 radical (unpaired) electrons. The number of rotatable bonds is 4. The minimum Gasteiger partial charge on any atom is -0.360 e. The second kappa shape index (κ2) is 8.47. The number of hydrogen-bond donors (Lipinski definition) is 2. The Labute approximate surface area is 196 Å². The Bertz CT molecular complexity index is 1420. The molecule has 1 aliphatic heterocycles. The van der Waals surface area contributed by atoms with Crippen molar-refractivity contribution in [2.45, 2.75) is 0 Å². The van der Waals surface area contributed by atoms with Crippen molar-refractivity contribution in [2.75, 3.05) is 31.1 Å². The van der Waals surface area contributed by atoms with Crippen LogP contribution in [0, 0.1) is 0 Å². The molecule has 1 aliphatic rings. The maximum Gasteiger partial charge on any atom is 0.254 e. The first-order valence-electron chi connectivity index (χ1n) is 11.3. The third-order valence-electron chi connectivity index (χ3n) is 6.16. The Kier molecular flexibility index (Phi) is 5.03. The Morgan fingerprint density at radius 2 is 1.47 bits per heavy atom. The Hall–Kier alpha value is -4.46. The highest BCUT2D eigenvalue weighted by molar-refractivity contribution is 5.98. The quantitative estimate of drug-likeness (QED) is 0.433. The zero-order valence-corrected chi connectivity index (χ0v) is 18.5. The van der Waals surface area contributed by atoms with Crippen LogP contribution in [0.15, 0.2) is 79.3 Å². The van der Waals surface area contributed by atoms with Crippen molar-refractivity contribution in [1.29, 1.82) is 0 Å². The van der Waals surface area contributed by atoms with Crippen LogP contribution in [0.4, 0.5) is 5.82 Å². The van der Waals surface area contributed by atoms with E-state index in [1.807, 2.05) is 78.0 Å². The number of aromatic nitrogens is 5. The maximum absolute atomic E-state index is 13.3. The summed E-state index contributed by atoms with van der Waals surface area (Å²) in [4.78, 5) is 38.1. The van der Waals surface area contributed by atoms with Gasteiger partial charge in [0.2, 0.25) is 0 Å². The number of amides is 1. The molecular weight excluding hydrogens is 426 g/mol. The molecule has 0 aliphatic carbocycles. The molecule has 0 atom stereocenters. The van der Waals surface area contributed by atoms with Gasteiger partial charge in [-0.1, -0.05) is 6.07 Å². The molecule has 5 aromatic rings. The van der Waals surface area contributed by atoms with Gasteiger partial charge in [0.05, 0.1) is 22.4 Å². The highest BCUT2D eigenvalue weighted by atomic mass is 16.2. The van der Waals surface area contributed by atoms with Crippen LogP contribution in [0.5, 0.6) is 0 Å². The topological polar surface area (TPSA) is 93.8 Å². The van der Waals surface area contributed by atoms with E-state index in [2.05, 4.69) is 19.9 Å². The smallest absolute Gasteiger partial charge is 0.254 e. The van der Waals surface area contributed by atoms with Gasteiger partial charge < -0.3 is 19.8 Å². The summed E-state index contributed by atoms with van der Waals surface area (Å²) in [6.07, 6.45) is 5.53. The number of H-pyrrole nitrogens is 2. The second-order valence-electron chi connectivity index (χ2n) is 8.26. The summed E-state index contributed by atoms with van der Waals surface area (Å²) >= 11 is 0. The van der Waals surface area contributed by atoms with Gasteiger partial charge in [0, 0.05) is 50.3 Å². The summed E-state index contributed by atoms with van der Waals surface area (Å²) in [5.41, 5.74) is 5.34. The second-order valence-corrected chi connectivity index (χ2v) is 8.26. The fourth-order valence-corrected chi connectivity index (χ4v) is 4.38. The van der Waals surface area contributed by atoms with Gasteiger partial charge in [-0.15, -0.1) is 0 Å². The number of anilines is 1. The summed E-state index contributed by atoms with van der Waals surface area (Å²) in [5, 5.41) is 0. The SMILES string of the molecule is O=C(c1ccc2nc(-c3ccc[nH]3)c(-c3ccc[nH]3)nc2c1)N1CCN(c2ccccn2)CC1. The van der Waals surface area contributed by atoms with Gasteiger partial charge in [0.15, 0.2) is 0 Å². The molecule has 1 saturated heterocycles. The molecule has 0 spiro atoms. The van der Waals surface area contributed by atoms with E-state index in [9.17, 15) is 4.79 Å². The molecule has 168 valence electrons. The number of carbonyl (C=O) groups is 1. The van der Waals surface area contributed by atoms with Crippen LogP contribution in [-0.2, 0) is 0 Å². The summed E-state index contributed by atoms with van der Waals surface area (Å²) in [7, 11) is 0. The third-order valence-corrected chi connectivity index (χ3v) is 6.16. The van der Waals surface area contributed by atoms with E-state index in [-0.39, 0.29) is 5.91 Å². The van der Waals surface area contributed by atoms with Gasteiger partial charge in [-0.3, -0.25) is 4.79 Å². The fourth-order valence-electron chi connectivity index (χ4n) is 4.38. The van der Waals surface area contributed by atoms with E-state index < -0.39 is 0 Å². The van der Waals surface area contributed by atoms with Crippen molar-refractivity contribution >= 4 is 22.8 Å². The molecule has 4 aromatic heterocycles. The molecule has 1 amide bonds. The van der Waals surface area contributed by atoms with Gasteiger partial charge in [-0.25, -0.2) is 15.0 Å². The number of nitrogens with one attached hydrogen (secondary N) is 2. The third kappa shape index (κ3) is 3.69. The summed E-state index contributed by atoms with van der Waals surface area (Å²) in [6.45, 7) is 2.82. The van der Waals surface area contributed by atoms with Crippen LogP contribution < -0.4 is 4.90 Å². The van der Waals surface area contributed by atoms with Crippen LogP contribution >= 0.6 is 0 Å². The summed E-state index contributed by atoms with van der Waals surface area (Å²) in [6, 6.07) is 19.3. The molecule has 2 N–H and O–H groups in total. The van der Waals surface area contributed by atoms with Gasteiger partial charge in [0.25, 0.3) is 5.91 Å². The van der Waals surface area contributed by atoms with Crippen LogP contribution in [-0.4, -0.2) is 61.9 Å². The van der Waals surface area contributed by atoms with Crippen molar-refractivity contribution in [3.8, 4) is 22.8 Å². The molecule has 6 rings (SSSR count).